The first-order valence-electron chi connectivity index (χ1n) is 5.97. The molecular formula is C11H21N5O. The van der Waals surface area contributed by atoms with Crippen molar-refractivity contribution in [2.24, 2.45) is 0 Å². The van der Waals surface area contributed by atoms with Crippen LogP contribution in [0.25, 0.3) is 0 Å². The molecule has 0 bridgehead atoms. The molecule has 0 fully saturated rings. The lowest BCUT2D eigenvalue weighted by atomic mass is 10.4. The number of methoxy groups -OCH3 is 1. The molecule has 1 heterocycles. The van der Waals surface area contributed by atoms with Gasteiger partial charge in [0.2, 0.25) is 11.9 Å². The molecule has 0 aliphatic heterocycles. The molecule has 17 heavy (non-hydrogen) atoms. The van der Waals surface area contributed by atoms with Crippen molar-refractivity contribution in [3.05, 3.63) is 0 Å². The Labute approximate surface area is 102 Å². The quantitative estimate of drug-likeness (QED) is 0.779. The van der Waals surface area contributed by atoms with E-state index in [1.54, 1.807) is 14.2 Å². The van der Waals surface area contributed by atoms with Crippen LogP contribution in [0.2, 0.25) is 0 Å². The molecule has 6 nitrogen and oxygen atoms in total. The molecule has 0 spiro atoms. The minimum absolute atomic E-state index is 0.344. The fourth-order valence-corrected chi connectivity index (χ4v) is 1.54. The van der Waals surface area contributed by atoms with Crippen LogP contribution in [0.1, 0.15) is 26.7 Å². The standard InChI is InChI=1S/C11H21N5O/c1-5-7-16(8-6-2)10-13-9(12-3)14-11(15-10)17-4/h5-8H2,1-4H3,(H,12,13,14,15). The molecule has 0 aliphatic rings. The van der Waals surface area contributed by atoms with E-state index in [0.29, 0.717) is 17.9 Å². The Bertz CT molecular complexity index is 316. The number of rotatable bonds is 7. The number of nitrogens with zero attached hydrogens (tertiary/aromatic N) is 4. The maximum atomic E-state index is 5.07. The van der Waals surface area contributed by atoms with Gasteiger partial charge in [-0.1, -0.05) is 13.8 Å². The second kappa shape index (κ2) is 6.88. The van der Waals surface area contributed by atoms with E-state index < -0.39 is 0 Å². The fraction of sp³-hybridized carbons (Fsp3) is 0.727. The minimum atomic E-state index is 0.344. The van der Waals surface area contributed by atoms with E-state index in [2.05, 4.69) is 39.0 Å². The first kappa shape index (κ1) is 13.5. The Kier molecular flexibility index (Phi) is 5.45. The number of ether oxygens (including phenoxy) is 1. The second-order valence-electron chi connectivity index (χ2n) is 3.68. The maximum absolute atomic E-state index is 5.07. The summed E-state index contributed by atoms with van der Waals surface area (Å²) in [6.07, 6.45) is 2.12. The van der Waals surface area contributed by atoms with Crippen molar-refractivity contribution in [2.45, 2.75) is 26.7 Å². The molecular weight excluding hydrogens is 218 g/mol. The van der Waals surface area contributed by atoms with Crippen LogP contribution >= 0.6 is 0 Å². The predicted molar refractivity (Wildman–Crippen MR) is 68.7 cm³/mol. The van der Waals surface area contributed by atoms with Crippen LogP contribution < -0.4 is 15.0 Å². The lowest BCUT2D eigenvalue weighted by Gasteiger charge is -2.21. The van der Waals surface area contributed by atoms with Gasteiger partial charge >= 0.3 is 6.01 Å². The van der Waals surface area contributed by atoms with Crippen LogP contribution in [0.4, 0.5) is 11.9 Å². The molecule has 0 amide bonds. The van der Waals surface area contributed by atoms with Crippen molar-refractivity contribution in [3.63, 3.8) is 0 Å². The van der Waals surface area contributed by atoms with Crippen molar-refractivity contribution in [3.8, 4) is 6.01 Å². The average molecular weight is 239 g/mol. The third-order valence-electron chi connectivity index (χ3n) is 2.28. The number of anilines is 2. The van der Waals surface area contributed by atoms with Crippen LogP contribution in [-0.2, 0) is 0 Å². The second-order valence-corrected chi connectivity index (χ2v) is 3.68. The summed E-state index contributed by atoms with van der Waals surface area (Å²) in [5.74, 6) is 1.20. The first-order chi connectivity index (χ1) is 8.24. The van der Waals surface area contributed by atoms with Crippen LogP contribution in [0.5, 0.6) is 6.01 Å². The largest absolute Gasteiger partial charge is 0.467 e. The Balaban J connectivity index is 2.99. The smallest absolute Gasteiger partial charge is 0.322 e. The fourth-order valence-electron chi connectivity index (χ4n) is 1.54. The number of aromatic nitrogens is 3. The van der Waals surface area contributed by atoms with Gasteiger partial charge in [0.25, 0.3) is 0 Å². The Morgan fingerprint density at radius 1 is 1.12 bits per heavy atom. The minimum Gasteiger partial charge on any atom is -0.467 e. The molecule has 96 valence electrons. The molecule has 0 saturated carbocycles. The molecule has 0 unspecified atom stereocenters. The van der Waals surface area contributed by atoms with E-state index in [4.69, 9.17) is 4.74 Å². The highest BCUT2D eigenvalue weighted by molar-refractivity contribution is 5.37. The lowest BCUT2D eigenvalue weighted by Crippen LogP contribution is -2.27. The third-order valence-corrected chi connectivity index (χ3v) is 2.28. The van der Waals surface area contributed by atoms with Gasteiger partial charge in [-0.15, -0.1) is 0 Å². The third kappa shape index (κ3) is 3.72. The topological polar surface area (TPSA) is 63.2 Å². The summed E-state index contributed by atoms with van der Waals surface area (Å²) < 4.78 is 5.07. The van der Waals surface area contributed by atoms with E-state index in [1.165, 1.54) is 0 Å². The Morgan fingerprint density at radius 3 is 2.24 bits per heavy atom. The summed E-state index contributed by atoms with van der Waals surface area (Å²) in [5.41, 5.74) is 0. The monoisotopic (exact) mass is 239 g/mol. The first-order valence-corrected chi connectivity index (χ1v) is 5.97. The van der Waals surface area contributed by atoms with Gasteiger partial charge in [0.15, 0.2) is 0 Å². The molecule has 0 saturated heterocycles. The summed E-state index contributed by atoms with van der Waals surface area (Å²) in [7, 11) is 3.34. The number of hydrogen-bond donors (Lipinski definition) is 1. The van der Waals surface area contributed by atoms with Crippen molar-refractivity contribution >= 4 is 11.9 Å². The van der Waals surface area contributed by atoms with Gasteiger partial charge in [0.05, 0.1) is 7.11 Å². The highest BCUT2D eigenvalue weighted by Gasteiger charge is 2.12. The summed E-state index contributed by atoms with van der Waals surface area (Å²) >= 11 is 0. The molecule has 0 aromatic carbocycles. The van der Waals surface area contributed by atoms with Crippen LogP contribution in [0.15, 0.2) is 0 Å². The van der Waals surface area contributed by atoms with Gasteiger partial charge in [-0.2, -0.15) is 15.0 Å². The van der Waals surface area contributed by atoms with Gasteiger partial charge in [0.1, 0.15) is 0 Å². The van der Waals surface area contributed by atoms with Crippen LogP contribution in [0, 0.1) is 0 Å². The SMILES string of the molecule is CCCN(CCC)c1nc(NC)nc(OC)n1. The number of hydrogen-bond acceptors (Lipinski definition) is 6. The summed E-state index contributed by atoms with van der Waals surface area (Å²) in [5, 5.41) is 2.91. The predicted octanol–water partition coefficient (Wildman–Crippen LogP) is 1.55. The van der Waals surface area contributed by atoms with E-state index in [-0.39, 0.29) is 0 Å². The molecule has 1 aromatic rings. The van der Waals surface area contributed by atoms with E-state index >= 15 is 0 Å². The maximum Gasteiger partial charge on any atom is 0.322 e. The Morgan fingerprint density at radius 2 is 1.76 bits per heavy atom. The molecule has 1 N–H and O–H groups in total. The van der Waals surface area contributed by atoms with E-state index in [1.807, 2.05) is 0 Å². The van der Waals surface area contributed by atoms with Crippen LogP contribution in [0.3, 0.4) is 0 Å². The molecule has 0 radical (unpaired) electrons. The zero-order chi connectivity index (χ0) is 12.7. The van der Waals surface area contributed by atoms with Gasteiger partial charge < -0.3 is 15.0 Å². The highest BCUT2D eigenvalue weighted by atomic mass is 16.5. The van der Waals surface area contributed by atoms with E-state index in [0.717, 1.165) is 25.9 Å². The van der Waals surface area contributed by atoms with Gasteiger partial charge in [-0.05, 0) is 12.8 Å². The van der Waals surface area contributed by atoms with Crippen molar-refractivity contribution in [1.82, 2.24) is 15.0 Å². The zero-order valence-corrected chi connectivity index (χ0v) is 11.0. The summed E-state index contributed by atoms with van der Waals surface area (Å²) in [6, 6.07) is 0.344. The van der Waals surface area contributed by atoms with Crippen molar-refractivity contribution in [1.29, 1.82) is 0 Å². The molecule has 0 atom stereocenters. The molecule has 1 rings (SSSR count). The summed E-state index contributed by atoms with van der Waals surface area (Å²) in [4.78, 5) is 14.9. The molecule has 6 heteroatoms. The van der Waals surface area contributed by atoms with Crippen molar-refractivity contribution in [2.75, 3.05) is 37.5 Å². The zero-order valence-electron chi connectivity index (χ0n) is 11.0. The van der Waals surface area contributed by atoms with Gasteiger partial charge in [0, 0.05) is 20.1 Å². The lowest BCUT2D eigenvalue weighted by molar-refractivity contribution is 0.378. The Hall–Kier alpha value is -1.59. The summed E-state index contributed by atoms with van der Waals surface area (Å²) in [6.45, 7) is 6.15. The van der Waals surface area contributed by atoms with E-state index in [9.17, 15) is 0 Å². The van der Waals surface area contributed by atoms with Gasteiger partial charge in [-0.3, -0.25) is 0 Å². The van der Waals surface area contributed by atoms with Crippen molar-refractivity contribution < 1.29 is 4.74 Å². The average Bonchev–Trinajstić information content (AvgIpc) is 2.37. The normalized spacial score (nSPS) is 10.1. The van der Waals surface area contributed by atoms with Crippen LogP contribution in [-0.4, -0.2) is 42.2 Å². The van der Waals surface area contributed by atoms with Gasteiger partial charge in [-0.25, -0.2) is 0 Å². The molecule has 1 aromatic heterocycles. The number of nitrogens with one attached hydrogen (secondary N) is 1. The highest BCUT2D eigenvalue weighted by Crippen LogP contribution is 2.15. The molecule has 0 aliphatic carbocycles.